The van der Waals surface area contributed by atoms with Crippen LogP contribution in [0.2, 0.25) is 0 Å². The molecule has 0 aromatic rings. The molecule has 41 valence electrons. The summed E-state index contributed by atoms with van der Waals surface area (Å²) in [6.07, 6.45) is 1.01. The Morgan fingerprint density at radius 3 is 2.57 bits per heavy atom. The Morgan fingerprint density at radius 2 is 2.43 bits per heavy atom. The lowest BCUT2D eigenvalue weighted by molar-refractivity contribution is 0.699. The first kappa shape index (κ1) is 6.89. The molecule has 0 bridgehead atoms. The second-order valence-electron chi connectivity index (χ2n) is 1.51. The van der Waals surface area contributed by atoms with E-state index in [9.17, 15) is 4.21 Å². The summed E-state index contributed by atoms with van der Waals surface area (Å²) in [6, 6.07) is 0. The van der Waals surface area contributed by atoms with Crippen molar-refractivity contribution in [3.63, 3.8) is 0 Å². The normalized spacial score (nSPS) is 12.9. The minimum absolute atomic E-state index is 0.350. The van der Waals surface area contributed by atoms with Gasteiger partial charge in [0.25, 0.3) is 0 Å². The standard InChI is InChI=1S/C5H9OS/c1-3-5(2)4-7-6/h5H,3H2,1-2H3. The van der Waals surface area contributed by atoms with E-state index in [1.165, 1.54) is 0 Å². The predicted molar refractivity (Wildman–Crippen MR) is 32.6 cm³/mol. The third-order valence-electron chi connectivity index (χ3n) is 0.862. The Bertz CT molecular complexity index is 84.1. The van der Waals surface area contributed by atoms with Gasteiger partial charge in [-0.3, -0.25) is 0 Å². The van der Waals surface area contributed by atoms with E-state index in [-0.39, 0.29) is 0 Å². The van der Waals surface area contributed by atoms with Crippen LogP contribution in [0.3, 0.4) is 0 Å². The summed E-state index contributed by atoms with van der Waals surface area (Å²) in [5, 5.41) is 2.66. The second-order valence-corrected chi connectivity index (χ2v) is 1.91. The molecule has 0 aliphatic heterocycles. The van der Waals surface area contributed by atoms with Gasteiger partial charge in [-0.15, -0.1) is 0 Å². The topological polar surface area (TPSA) is 17.1 Å². The molecule has 0 saturated heterocycles. The van der Waals surface area contributed by atoms with Crippen molar-refractivity contribution >= 4 is 16.6 Å². The summed E-state index contributed by atoms with van der Waals surface area (Å²) in [7, 11) is 0. The van der Waals surface area contributed by atoms with E-state index in [0.29, 0.717) is 17.2 Å². The van der Waals surface area contributed by atoms with Gasteiger partial charge in [-0.2, -0.15) is 0 Å². The Hall–Kier alpha value is -0.110. The van der Waals surface area contributed by atoms with Crippen molar-refractivity contribution in [3.8, 4) is 0 Å². The quantitative estimate of drug-likeness (QED) is 0.492. The minimum Gasteiger partial charge on any atom is -0.212 e. The van der Waals surface area contributed by atoms with Crippen LogP contribution in [0.1, 0.15) is 20.3 Å². The van der Waals surface area contributed by atoms with Crippen LogP contribution in [0.15, 0.2) is 0 Å². The molecule has 0 aromatic carbocycles. The van der Waals surface area contributed by atoms with E-state index in [2.05, 4.69) is 5.37 Å². The molecule has 1 radical (unpaired) electrons. The monoisotopic (exact) mass is 117 g/mol. The van der Waals surface area contributed by atoms with Crippen LogP contribution in [0, 0.1) is 5.92 Å². The summed E-state index contributed by atoms with van der Waals surface area (Å²) in [5.41, 5.74) is 0. The van der Waals surface area contributed by atoms with Crippen LogP contribution in [-0.4, -0.2) is 9.58 Å². The van der Waals surface area contributed by atoms with Crippen LogP contribution < -0.4 is 0 Å². The Labute approximate surface area is 47.8 Å². The van der Waals surface area contributed by atoms with Crippen molar-refractivity contribution in [2.24, 2.45) is 5.92 Å². The van der Waals surface area contributed by atoms with E-state index >= 15 is 0 Å². The molecule has 0 rings (SSSR count). The lowest BCUT2D eigenvalue weighted by Gasteiger charge is -1.90. The van der Waals surface area contributed by atoms with Crippen LogP contribution in [-0.2, 0) is 11.3 Å². The molecule has 0 amide bonds. The molecule has 0 spiro atoms. The molecule has 0 saturated carbocycles. The fourth-order valence-electron chi connectivity index (χ4n) is 0.165. The molecule has 0 heterocycles. The molecular formula is C5H9OS. The van der Waals surface area contributed by atoms with Crippen molar-refractivity contribution in [1.82, 2.24) is 0 Å². The average molecular weight is 117 g/mol. The highest BCUT2D eigenvalue weighted by Gasteiger charge is 1.89. The summed E-state index contributed by atoms with van der Waals surface area (Å²) in [6.45, 7) is 4.01. The fraction of sp³-hybridized carbons (Fsp3) is 0.800. The summed E-state index contributed by atoms with van der Waals surface area (Å²) in [5.74, 6) is 0.350. The van der Waals surface area contributed by atoms with Crippen molar-refractivity contribution in [2.75, 3.05) is 0 Å². The third-order valence-corrected chi connectivity index (χ3v) is 1.36. The maximum absolute atomic E-state index is 9.70. The number of hydrogen-bond acceptors (Lipinski definition) is 1. The molecule has 1 nitrogen and oxygen atoms in total. The Balaban J connectivity index is 3.35. The molecule has 0 fully saturated rings. The fourth-order valence-corrected chi connectivity index (χ4v) is 0.496. The highest BCUT2D eigenvalue weighted by molar-refractivity contribution is 7.64. The van der Waals surface area contributed by atoms with Crippen LogP contribution >= 0.6 is 0 Å². The van der Waals surface area contributed by atoms with Crippen LogP contribution in [0.4, 0.5) is 0 Å². The predicted octanol–water partition coefficient (Wildman–Crippen LogP) is 0.925. The first-order chi connectivity index (χ1) is 3.31. The maximum atomic E-state index is 9.70. The number of hydrogen-bond donors (Lipinski definition) is 0. The van der Waals surface area contributed by atoms with Gasteiger partial charge < -0.3 is 0 Å². The van der Waals surface area contributed by atoms with Gasteiger partial charge in [0.15, 0.2) is 0 Å². The van der Waals surface area contributed by atoms with Gasteiger partial charge in [0.1, 0.15) is 0 Å². The zero-order valence-electron chi connectivity index (χ0n) is 4.60. The van der Waals surface area contributed by atoms with Gasteiger partial charge in [-0.05, 0) is 12.3 Å². The lowest BCUT2D eigenvalue weighted by atomic mass is 10.2. The molecule has 0 aliphatic rings. The molecule has 1 unspecified atom stereocenters. The van der Waals surface area contributed by atoms with Crippen molar-refractivity contribution in [3.05, 3.63) is 0 Å². The minimum atomic E-state index is 0.350. The summed E-state index contributed by atoms with van der Waals surface area (Å²) in [4.78, 5) is 0. The smallest absolute Gasteiger partial charge is 0.0936 e. The van der Waals surface area contributed by atoms with E-state index in [0.717, 1.165) is 6.42 Å². The van der Waals surface area contributed by atoms with Gasteiger partial charge in [0.2, 0.25) is 0 Å². The van der Waals surface area contributed by atoms with Gasteiger partial charge >= 0.3 is 0 Å². The zero-order chi connectivity index (χ0) is 5.70. The van der Waals surface area contributed by atoms with Crippen molar-refractivity contribution in [1.29, 1.82) is 0 Å². The highest BCUT2D eigenvalue weighted by Crippen LogP contribution is 1.92. The van der Waals surface area contributed by atoms with E-state index in [4.69, 9.17) is 0 Å². The van der Waals surface area contributed by atoms with Crippen LogP contribution in [0.25, 0.3) is 0 Å². The van der Waals surface area contributed by atoms with E-state index in [1.807, 2.05) is 13.8 Å². The Morgan fingerprint density at radius 1 is 1.86 bits per heavy atom. The second kappa shape index (κ2) is 4.06. The highest BCUT2D eigenvalue weighted by atomic mass is 32.1. The lowest BCUT2D eigenvalue weighted by Crippen LogP contribution is -1.90. The van der Waals surface area contributed by atoms with Crippen LogP contribution in [0.5, 0.6) is 0 Å². The largest absolute Gasteiger partial charge is 0.212 e. The van der Waals surface area contributed by atoms with Gasteiger partial charge in [0.05, 0.1) is 16.6 Å². The Kier molecular flexibility index (Phi) is 4.00. The molecule has 1 atom stereocenters. The molecular weight excluding hydrogens is 108 g/mol. The summed E-state index contributed by atoms with van der Waals surface area (Å²) < 4.78 is 9.70. The molecule has 7 heavy (non-hydrogen) atoms. The zero-order valence-corrected chi connectivity index (χ0v) is 5.42. The van der Waals surface area contributed by atoms with Gasteiger partial charge in [-0.1, -0.05) is 13.8 Å². The molecule has 0 aliphatic carbocycles. The molecule has 2 heteroatoms. The first-order valence-electron chi connectivity index (χ1n) is 2.35. The van der Waals surface area contributed by atoms with E-state index < -0.39 is 0 Å². The van der Waals surface area contributed by atoms with Crippen molar-refractivity contribution < 1.29 is 4.21 Å². The average Bonchev–Trinajstić information content (AvgIpc) is 1.68. The SMILES string of the molecule is CCC(C)[C]=S=O. The van der Waals surface area contributed by atoms with E-state index in [1.54, 1.807) is 0 Å². The first-order valence-corrected chi connectivity index (χ1v) is 3.09. The molecule has 0 N–H and O–H groups in total. The summed E-state index contributed by atoms with van der Waals surface area (Å²) >= 11 is 0.434. The number of rotatable bonds is 2. The molecule has 0 aromatic heterocycles. The third kappa shape index (κ3) is 3.73. The maximum Gasteiger partial charge on any atom is 0.0936 e. The van der Waals surface area contributed by atoms with Gasteiger partial charge in [0, 0.05) is 0 Å². The van der Waals surface area contributed by atoms with Crippen molar-refractivity contribution in [2.45, 2.75) is 20.3 Å². The van der Waals surface area contributed by atoms with Gasteiger partial charge in [-0.25, -0.2) is 4.21 Å².